The first-order valence-corrected chi connectivity index (χ1v) is 9.49. The number of aliphatic carboxylic acids is 1. The first-order valence-electron chi connectivity index (χ1n) is 6.36. The minimum atomic E-state index is -3.71. The van der Waals surface area contributed by atoms with Crippen molar-refractivity contribution < 1.29 is 18.3 Å². The molecule has 0 aromatic carbocycles. The van der Waals surface area contributed by atoms with Gasteiger partial charge in [0.1, 0.15) is 4.21 Å². The molecule has 21 heavy (non-hydrogen) atoms. The van der Waals surface area contributed by atoms with E-state index >= 15 is 0 Å². The van der Waals surface area contributed by atoms with Crippen LogP contribution in [-0.2, 0) is 14.8 Å². The van der Waals surface area contributed by atoms with Crippen molar-refractivity contribution in [2.24, 2.45) is 5.14 Å². The molecule has 0 aliphatic carbocycles. The number of thiophene rings is 1. The molecule has 7 nitrogen and oxygen atoms in total. The van der Waals surface area contributed by atoms with E-state index in [9.17, 15) is 13.2 Å². The maximum Gasteiger partial charge on any atom is 0.304 e. The summed E-state index contributed by atoms with van der Waals surface area (Å²) in [6.45, 7) is 3.74. The number of nitrogens with zero attached hydrogens (tertiary/aromatic N) is 1. The van der Waals surface area contributed by atoms with E-state index in [0.29, 0.717) is 13.1 Å². The average molecular weight is 351 g/mol. The van der Waals surface area contributed by atoms with Gasteiger partial charge in [0.15, 0.2) is 0 Å². The van der Waals surface area contributed by atoms with Gasteiger partial charge in [-0.05, 0) is 30.1 Å². The molecule has 2 heterocycles. The highest BCUT2D eigenvalue weighted by Gasteiger charge is 2.30. The average Bonchev–Trinajstić information content (AvgIpc) is 2.80. The third kappa shape index (κ3) is 4.18. The van der Waals surface area contributed by atoms with Gasteiger partial charge in [-0.15, -0.1) is 11.3 Å². The van der Waals surface area contributed by atoms with Crippen molar-refractivity contribution in [2.45, 2.75) is 27.8 Å². The Bertz CT molecular complexity index is 629. The molecule has 1 aliphatic heterocycles. The zero-order valence-electron chi connectivity index (χ0n) is 11.4. The summed E-state index contributed by atoms with van der Waals surface area (Å²) in [5, 5.41) is 17.2. The Hall–Kier alpha value is -0.650. The minimum absolute atomic E-state index is 0.0215. The van der Waals surface area contributed by atoms with E-state index in [1.54, 1.807) is 6.07 Å². The van der Waals surface area contributed by atoms with Crippen molar-refractivity contribution in [2.75, 3.05) is 19.6 Å². The monoisotopic (exact) mass is 351 g/mol. The Morgan fingerprint density at radius 3 is 2.90 bits per heavy atom. The Balaban J connectivity index is 2.25. The standard InChI is InChI=1S/C11H17N3O4S3/c1-2-13-8-6-14(4-3-9(15)16)20-11-7(8)5-10(19-11)21(12,17)18/h5,8,13H,2-4,6H2,1H3,(H,15,16)(H2,12,17,18)/t8-/m0/s1. The van der Waals surface area contributed by atoms with E-state index in [-0.39, 0.29) is 16.7 Å². The van der Waals surface area contributed by atoms with E-state index in [1.807, 2.05) is 11.2 Å². The molecular formula is C11H17N3O4S3. The number of nitrogens with one attached hydrogen (secondary N) is 1. The van der Waals surface area contributed by atoms with Crippen LogP contribution in [0.3, 0.4) is 0 Å². The number of hydrogen-bond donors (Lipinski definition) is 3. The quantitative estimate of drug-likeness (QED) is 0.651. The molecule has 1 aliphatic rings. The molecule has 1 aromatic heterocycles. The largest absolute Gasteiger partial charge is 0.481 e. The zero-order valence-corrected chi connectivity index (χ0v) is 13.9. The molecule has 0 radical (unpaired) electrons. The molecule has 0 bridgehead atoms. The summed E-state index contributed by atoms with van der Waals surface area (Å²) in [6.07, 6.45) is 0.0502. The van der Waals surface area contributed by atoms with Crippen LogP contribution in [0, 0.1) is 0 Å². The molecule has 0 fully saturated rings. The molecule has 0 unspecified atom stereocenters. The second-order valence-electron chi connectivity index (χ2n) is 4.59. The Morgan fingerprint density at radius 1 is 1.62 bits per heavy atom. The maximum atomic E-state index is 11.5. The number of carboxylic acids is 1. The lowest BCUT2D eigenvalue weighted by molar-refractivity contribution is -0.137. The van der Waals surface area contributed by atoms with Crippen LogP contribution < -0.4 is 10.5 Å². The maximum absolute atomic E-state index is 11.5. The SMILES string of the molecule is CCN[C@H]1CN(CCC(=O)O)Sc2sc(S(N)(=O)=O)cc21. The lowest BCUT2D eigenvalue weighted by Gasteiger charge is -2.31. The van der Waals surface area contributed by atoms with Crippen LogP contribution in [0.1, 0.15) is 24.9 Å². The fourth-order valence-corrected chi connectivity index (χ4v) is 5.59. The highest BCUT2D eigenvalue weighted by atomic mass is 32.3. The van der Waals surface area contributed by atoms with E-state index in [4.69, 9.17) is 10.2 Å². The topological polar surface area (TPSA) is 113 Å². The summed E-state index contributed by atoms with van der Waals surface area (Å²) in [6, 6.07) is 1.59. The smallest absolute Gasteiger partial charge is 0.304 e. The second kappa shape index (κ2) is 6.63. The van der Waals surface area contributed by atoms with Crippen LogP contribution in [0.4, 0.5) is 0 Å². The van der Waals surface area contributed by atoms with E-state index in [1.165, 1.54) is 11.9 Å². The van der Waals surface area contributed by atoms with Crippen LogP contribution in [0.2, 0.25) is 0 Å². The van der Waals surface area contributed by atoms with Gasteiger partial charge in [-0.1, -0.05) is 6.92 Å². The summed E-state index contributed by atoms with van der Waals surface area (Å²) in [4.78, 5) is 10.7. The van der Waals surface area contributed by atoms with Crippen LogP contribution in [0.15, 0.2) is 14.5 Å². The number of fused-ring (bicyclic) bond motifs is 1. The number of likely N-dealkylation sites (N-methyl/N-ethyl adjacent to an activating group) is 1. The van der Waals surface area contributed by atoms with Gasteiger partial charge in [0.2, 0.25) is 10.0 Å². The summed E-state index contributed by atoms with van der Waals surface area (Å²) in [5.41, 5.74) is 0.919. The second-order valence-corrected chi connectivity index (χ2v) is 8.79. The minimum Gasteiger partial charge on any atom is -0.481 e. The number of rotatable bonds is 6. The molecule has 1 atom stereocenters. The predicted molar refractivity (Wildman–Crippen MR) is 81.8 cm³/mol. The molecular weight excluding hydrogens is 334 g/mol. The molecule has 118 valence electrons. The zero-order chi connectivity index (χ0) is 15.6. The number of sulfonamides is 1. The van der Waals surface area contributed by atoms with Crippen molar-refractivity contribution in [1.29, 1.82) is 0 Å². The van der Waals surface area contributed by atoms with Crippen molar-refractivity contribution in [3.05, 3.63) is 11.6 Å². The summed E-state index contributed by atoms with van der Waals surface area (Å²) in [5.74, 6) is -0.849. The lowest BCUT2D eigenvalue weighted by Crippen LogP contribution is -2.35. The Morgan fingerprint density at radius 2 is 2.33 bits per heavy atom. The summed E-state index contributed by atoms with van der Waals surface area (Å²) in [7, 11) is -3.71. The number of carboxylic acid groups (broad SMARTS) is 1. The molecule has 0 spiro atoms. The van der Waals surface area contributed by atoms with E-state index < -0.39 is 16.0 Å². The number of primary sulfonamides is 1. The molecule has 1 aromatic rings. The molecule has 0 amide bonds. The van der Waals surface area contributed by atoms with Crippen LogP contribution in [-0.4, -0.2) is 43.4 Å². The van der Waals surface area contributed by atoms with Gasteiger partial charge >= 0.3 is 5.97 Å². The predicted octanol–water partition coefficient (Wildman–Crippen LogP) is 0.843. The van der Waals surface area contributed by atoms with E-state index in [0.717, 1.165) is 27.7 Å². The van der Waals surface area contributed by atoms with Gasteiger partial charge in [-0.3, -0.25) is 4.79 Å². The van der Waals surface area contributed by atoms with Crippen molar-refractivity contribution >= 4 is 39.3 Å². The molecule has 4 N–H and O–H groups in total. The van der Waals surface area contributed by atoms with Crippen LogP contribution >= 0.6 is 23.3 Å². The van der Waals surface area contributed by atoms with Crippen molar-refractivity contribution in [3.63, 3.8) is 0 Å². The summed E-state index contributed by atoms with van der Waals surface area (Å²) < 4.78 is 25.9. The van der Waals surface area contributed by atoms with Gasteiger partial charge in [-0.2, -0.15) is 0 Å². The normalized spacial score (nSPS) is 19.4. The lowest BCUT2D eigenvalue weighted by atomic mass is 10.1. The van der Waals surface area contributed by atoms with Crippen LogP contribution in [0.5, 0.6) is 0 Å². The van der Waals surface area contributed by atoms with Crippen LogP contribution in [0.25, 0.3) is 0 Å². The highest BCUT2D eigenvalue weighted by molar-refractivity contribution is 7.99. The first kappa shape index (κ1) is 16.7. The molecule has 10 heteroatoms. The van der Waals surface area contributed by atoms with Crippen molar-refractivity contribution in [1.82, 2.24) is 9.62 Å². The van der Waals surface area contributed by atoms with Crippen molar-refractivity contribution in [3.8, 4) is 0 Å². The molecule has 0 saturated heterocycles. The number of nitrogens with two attached hydrogens (primary N) is 1. The Labute approximate surface area is 131 Å². The highest BCUT2D eigenvalue weighted by Crippen LogP contribution is 2.43. The van der Waals surface area contributed by atoms with E-state index in [2.05, 4.69) is 5.32 Å². The fraction of sp³-hybridized carbons (Fsp3) is 0.545. The van der Waals surface area contributed by atoms with Gasteiger partial charge in [0, 0.05) is 19.1 Å². The third-order valence-corrected chi connectivity index (χ3v) is 6.81. The Kier molecular flexibility index (Phi) is 5.28. The van der Waals surface area contributed by atoms with Gasteiger partial charge < -0.3 is 10.4 Å². The summed E-state index contributed by atoms with van der Waals surface area (Å²) >= 11 is 2.52. The molecule has 0 saturated carbocycles. The fourth-order valence-electron chi connectivity index (χ4n) is 2.05. The first-order chi connectivity index (χ1) is 9.81. The molecule has 2 rings (SSSR count). The van der Waals surface area contributed by atoms with Gasteiger partial charge in [-0.25, -0.2) is 17.9 Å². The van der Waals surface area contributed by atoms with Gasteiger partial charge in [0.05, 0.1) is 10.6 Å². The number of hydrogen-bond acceptors (Lipinski definition) is 7. The third-order valence-electron chi connectivity index (χ3n) is 2.98. The van der Waals surface area contributed by atoms with Gasteiger partial charge in [0.25, 0.3) is 0 Å². The number of carbonyl (C=O) groups is 1.